The number of fused-ring (bicyclic) bond motifs is 1. The first-order chi connectivity index (χ1) is 21.5. The maximum atomic E-state index is 14.2. The Balaban J connectivity index is 1.31. The van der Waals surface area contributed by atoms with Crippen LogP contribution in [0.4, 0.5) is 0 Å². The summed E-state index contributed by atoms with van der Waals surface area (Å²) in [6.07, 6.45) is -0.489. The van der Waals surface area contributed by atoms with Crippen molar-refractivity contribution in [1.82, 2.24) is 10.2 Å². The molecule has 6 nitrogen and oxygen atoms in total. The highest BCUT2D eigenvalue weighted by Crippen LogP contribution is 2.46. The Morgan fingerprint density at radius 3 is 2.11 bits per heavy atom. The first kappa shape index (κ1) is 30.2. The zero-order valence-electron chi connectivity index (χ0n) is 23.6. The van der Waals surface area contributed by atoms with Gasteiger partial charge in [-0.2, -0.15) is 0 Å². The lowest BCUT2D eigenvalue weighted by Crippen LogP contribution is -2.70. The average molecular weight is 686 g/mol. The second-order valence-corrected chi connectivity index (χ2v) is 13.1. The number of halogens is 1. The molecule has 0 aromatic heterocycles. The molecule has 0 radical (unpaired) electrons. The fourth-order valence-electron chi connectivity index (χ4n) is 5.26. The minimum absolute atomic E-state index is 0.174. The second kappa shape index (κ2) is 13.9. The molecule has 222 valence electrons. The van der Waals surface area contributed by atoms with E-state index < -0.39 is 23.5 Å². The molecule has 2 heterocycles. The van der Waals surface area contributed by atoms with Crippen LogP contribution in [0.1, 0.15) is 28.4 Å². The summed E-state index contributed by atoms with van der Waals surface area (Å²) >= 11 is 6.58. The number of nitrogens with one attached hydrogen (secondary N) is 1. The number of hydrogen-bond acceptors (Lipinski definition) is 6. The molecule has 2 aliphatic rings. The van der Waals surface area contributed by atoms with Crippen molar-refractivity contribution < 1.29 is 19.1 Å². The van der Waals surface area contributed by atoms with Crippen LogP contribution in [0, 0.1) is 0 Å². The van der Waals surface area contributed by atoms with Gasteiger partial charge in [-0.3, -0.25) is 14.5 Å². The summed E-state index contributed by atoms with van der Waals surface area (Å²) in [6, 6.07) is 35.8. The standard InChI is InChI=1S/C35H29BrN2O4S2/c36-21-26-18-10-11-19-27(26)44-28-22-43-34-30(37-29(39)20-23-12-4-1-5-13-23)33(40)38(34)31(28)35(41)42-32(24-14-6-2-7-15-24)25-16-8-3-9-17-25/h1-19,30,32,34H,20-22H2,(H,37,39)/t30-,34-/m1/s1. The van der Waals surface area contributed by atoms with Gasteiger partial charge in [0.05, 0.1) is 6.42 Å². The largest absolute Gasteiger partial charge is 0.448 e. The number of carbonyl (C=O) groups is 3. The number of benzene rings is 4. The number of amides is 2. The predicted molar refractivity (Wildman–Crippen MR) is 178 cm³/mol. The van der Waals surface area contributed by atoms with Gasteiger partial charge >= 0.3 is 5.97 Å². The molecule has 0 saturated carbocycles. The molecular weight excluding hydrogens is 656 g/mol. The van der Waals surface area contributed by atoms with Gasteiger partial charge in [-0.05, 0) is 28.3 Å². The Labute approximate surface area is 273 Å². The van der Waals surface area contributed by atoms with Crippen molar-refractivity contribution in [3.05, 3.63) is 148 Å². The van der Waals surface area contributed by atoms with E-state index in [-0.39, 0.29) is 23.9 Å². The van der Waals surface area contributed by atoms with E-state index >= 15 is 0 Å². The SMILES string of the molecule is O=C(Cc1ccccc1)N[C@@H]1C(=O)N2C(C(=O)OC(c3ccccc3)c3ccccc3)=C(Sc3ccccc3CBr)CS[C@H]12. The third-order valence-electron chi connectivity index (χ3n) is 7.43. The fraction of sp³-hybridized carbons (Fsp3) is 0.171. The summed E-state index contributed by atoms with van der Waals surface area (Å²) in [7, 11) is 0. The summed E-state index contributed by atoms with van der Waals surface area (Å²) in [5, 5.41) is 3.15. The monoisotopic (exact) mass is 684 g/mol. The normalized spacial score (nSPS) is 17.6. The molecule has 1 fully saturated rings. The number of esters is 1. The number of thioether (sulfide) groups is 2. The second-order valence-electron chi connectivity index (χ2n) is 10.3. The quantitative estimate of drug-likeness (QED) is 0.112. The molecule has 6 rings (SSSR count). The molecule has 0 bridgehead atoms. The Bertz CT molecular complexity index is 1650. The molecule has 9 heteroatoms. The number of carbonyl (C=O) groups excluding carboxylic acids is 3. The van der Waals surface area contributed by atoms with Crippen LogP contribution in [0.2, 0.25) is 0 Å². The Kier molecular flexibility index (Phi) is 9.54. The van der Waals surface area contributed by atoms with Crippen LogP contribution in [0.3, 0.4) is 0 Å². The molecule has 1 N–H and O–H groups in total. The van der Waals surface area contributed by atoms with E-state index in [4.69, 9.17) is 4.74 Å². The van der Waals surface area contributed by atoms with Gasteiger partial charge in [0.1, 0.15) is 17.1 Å². The van der Waals surface area contributed by atoms with Gasteiger partial charge in [-0.25, -0.2) is 4.79 Å². The number of hydrogen-bond donors (Lipinski definition) is 1. The third kappa shape index (κ3) is 6.50. The van der Waals surface area contributed by atoms with Crippen molar-refractivity contribution in [2.45, 2.75) is 34.2 Å². The molecule has 1 saturated heterocycles. The van der Waals surface area contributed by atoms with Crippen LogP contribution in [-0.2, 0) is 30.9 Å². The Hall–Kier alpha value is -3.79. The fourth-order valence-corrected chi connectivity index (χ4v) is 8.53. The maximum Gasteiger partial charge on any atom is 0.356 e. The van der Waals surface area contributed by atoms with Gasteiger partial charge in [-0.15, -0.1) is 11.8 Å². The highest BCUT2D eigenvalue weighted by molar-refractivity contribution is 9.08. The van der Waals surface area contributed by atoms with Crippen molar-refractivity contribution in [2.75, 3.05) is 5.75 Å². The molecule has 2 amide bonds. The summed E-state index contributed by atoms with van der Waals surface area (Å²) < 4.78 is 6.27. The van der Waals surface area contributed by atoms with Crippen molar-refractivity contribution in [3.63, 3.8) is 0 Å². The third-order valence-corrected chi connectivity index (χ3v) is 10.7. The van der Waals surface area contributed by atoms with Gasteiger partial charge in [-0.1, -0.05) is 137 Å². The van der Waals surface area contributed by atoms with Crippen molar-refractivity contribution in [1.29, 1.82) is 0 Å². The van der Waals surface area contributed by atoms with Crippen LogP contribution in [-0.4, -0.2) is 39.9 Å². The smallest absolute Gasteiger partial charge is 0.356 e. The maximum absolute atomic E-state index is 14.2. The van der Waals surface area contributed by atoms with E-state index in [1.165, 1.54) is 28.4 Å². The summed E-state index contributed by atoms with van der Waals surface area (Å²) in [6.45, 7) is 0. The zero-order chi connectivity index (χ0) is 30.5. The Morgan fingerprint density at radius 1 is 0.886 bits per heavy atom. The number of nitrogens with zero attached hydrogens (tertiary/aromatic N) is 1. The van der Waals surface area contributed by atoms with Crippen molar-refractivity contribution in [3.8, 4) is 0 Å². The lowest BCUT2D eigenvalue weighted by molar-refractivity contribution is -0.154. The number of ether oxygens (including phenoxy) is 1. The Morgan fingerprint density at radius 2 is 1.48 bits per heavy atom. The van der Waals surface area contributed by atoms with Gasteiger partial charge in [0.15, 0.2) is 6.10 Å². The molecular formula is C35H29BrN2O4S2. The zero-order valence-corrected chi connectivity index (χ0v) is 26.8. The van der Waals surface area contributed by atoms with Gasteiger partial charge in [0.2, 0.25) is 5.91 Å². The minimum atomic E-state index is -0.723. The number of alkyl halides is 1. The van der Waals surface area contributed by atoms with E-state index in [1.54, 1.807) is 0 Å². The van der Waals surface area contributed by atoms with Crippen molar-refractivity contribution in [2.24, 2.45) is 0 Å². The van der Waals surface area contributed by atoms with Crippen LogP contribution >= 0.6 is 39.5 Å². The summed E-state index contributed by atoms with van der Waals surface area (Å²) in [5.41, 5.74) is 3.84. The topological polar surface area (TPSA) is 75.7 Å². The number of rotatable bonds is 10. The lowest BCUT2D eigenvalue weighted by Gasteiger charge is -2.49. The highest BCUT2D eigenvalue weighted by Gasteiger charge is 2.54. The van der Waals surface area contributed by atoms with Gasteiger partial charge < -0.3 is 10.1 Å². The van der Waals surface area contributed by atoms with Gasteiger partial charge in [0.25, 0.3) is 5.91 Å². The van der Waals surface area contributed by atoms with E-state index in [0.29, 0.717) is 11.1 Å². The van der Waals surface area contributed by atoms with E-state index in [2.05, 4.69) is 21.2 Å². The molecule has 4 aromatic rings. The molecule has 0 spiro atoms. The highest BCUT2D eigenvalue weighted by atomic mass is 79.9. The van der Waals surface area contributed by atoms with Crippen LogP contribution < -0.4 is 5.32 Å². The predicted octanol–water partition coefficient (Wildman–Crippen LogP) is 6.86. The van der Waals surface area contributed by atoms with Crippen LogP contribution in [0.15, 0.2) is 131 Å². The molecule has 4 aromatic carbocycles. The number of β-lactam (4-membered cyclic amide) rings is 1. The molecule has 2 aliphatic heterocycles. The first-order valence-corrected chi connectivity index (χ1v) is 17.2. The first-order valence-electron chi connectivity index (χ1n) is 14.2. The van der Waals surface area contributed by atoms with Crippen LogP contribution in [0.25, 0.3) is 0 Å². The minimum Gasteiger partial charge on any atom is -0.448 e. The molecule has 0 unspecified atom stereocenters. The molecule has 0 aliphatic carbocycles. The average Bonchev–Trinajstić information content (AvgIpc) is 3.07. The van der Waals surface area contributed by atoms with E-state index in [0.717, 1.165) is 32.1 Å². The van der Waals surface area contributed by atoms with Crippen LogP contribution in [0.5, 0.6) is 0 Å². The van der Waals surface area contributed by atoms with Gasteiger partial charge in [0, 0.05) is 20.9 Å². The summed E-state index contributed by atoms with van der Waals surface area (Å²) in [4.78, 5) is 44.0. The molecule has 44 heavy (non-hydrogen) atoms. The molecule has 2 atom stereocenters. The summed E-state index contributed by atoms with van der Waals surface area (Å²) in [5.74, 6) is -0.637. The van der Waals surface area contributed by atoms with E-state index in [1.807, 2.05) is 115 Å². The van der Waals surface area contributed by atoms with Crippen molar-refractivity contribution >= 4 is 57.2 Å². The lowest BCUT2D eigenvalue weighted by atomic mass is 10.0. The van der Waals surface area contributed by atoms with E-state index in [9.17, 15) is 14.4 Å².